The van der Waals surface area contributed by atoms with E-state index >= 15 is 0 Å². The van der Waals surface area contributed by atoms with E-state index in [2.05, 4.69) is 33.2 Å². The number of rotatable bonds is 6. The van der Waals surface area contributed by atoms with E-state index in [9.17, 15) is 14.4 Å². The lowest BCUT2D eigenvalue weighted by Gasteiger charge is -2.10. The predicted octanol–water partition coefficient (Wildman–Crippen LogP) is 3.93. The van der Waals surface area contributed by atoms with Crippen molar-refractivity contribution in [1.82, 2.24) is 0 Å². The molecule has 2 N–H and O–H groups in total. The van der Waals surface area contributed by atoms with Gasteiger partial charge in [-0.25, -0.2) is 4.79 Å². The first-order valence-corrected chi connectivity index (χ1v) is 9.27. The molecule has 7 nitrogen and oxygen atoms in total. The van der Waals surface area contributed by atoms with Crippen LogP contribution in [0.1, 0.15) is 20.9 Å². The fourth-order valence-corrected chi connectivity index (χ4v) is 2.88. The molecule has 3 rings (SSSR count). The van der Waals surface area contributed by atoms with Crippen molar-refractivity contribution in [2.24, 2.45) is 0 Å². The minimum atomic E-state index is -0.729. The zero-order chi connectivity index (χ0) is 19.9. The van der Waals surface area contributed by atoms with Crippen LogP contribution in [0.2, 0.25) is 0 Å². The quantitative estimate of drug-likeness (QED) is 0.403. The molecule has 0 aliphatic heterocycles. The molecule has 0 aliphatic carbocycles. The van der Waals surface area contributed by atoms with E-state index < -0.39 is 24.4 Å². The van der Waals surface area contributed by atoms with Gasteiger partial charge in [-0.2, -0.15) is 0 Å². The number of amides is 2. The number of esters is 1. The van der Waals surface area contributed by atoms with E-state index in [0.717, 1.165) is 3.57 Å². The first-order chi connectivity index (χ1) is 13.5. The number of carbonyl (C=O) groups excluding carboxylic acids is 3. The van der Waals surface area contributed by atoms with Crippen LogP contribution in [0.25, 0.3) is 0 Å². The molecular weight excluding hydrogens is 475 g/mol. The van der Waals surface area contributed by atoms with Gasteiger partial charge in [-0.3, -0.25) is 9.59 Å². The van der Waals surface area contributed by atoms with Gasteiger partial charge in [0.2, 0.25) is 0 Å². The van der Waals surface area contributed by atoms with Gasteiger partial charge in [0.15, 0.2) is 12.4 Å². The largest absolute Gasteiger partial charge is 0.459 e. The molecule has 0 aliphatic rings. The summed E-state index contributed by atoms with van der Waals surface area (Å²) in [5.74, 6) is -1.58. The van der Waals surface area contributed by atoms with Crippen LogP contribution in [0, 0.1) is 3.57 Å². The van der Waals surface area contributed by atoms with Gasteiger partial charge in [-0.15, -0.1) is 0 Å². The number of benzene rings is 2. The molecule has 2 amide bonds. The van der Waals surface area contributed by atoms with E-state index in [-0.39, 0.29) is 17.0 Å². The monoisotopic (exact) mass is 490 g/mol. The molecule has 0 fully saturated rings. The SMILES string of the molecule is O=C(COC(=O)c1ccccc1NC(=O)c1ccco1)Nc1cccc(I)c1. The molecule has 0 atom stereocenters. The summed E-state index contributed by atoms with van der Waals surface area (Å²) in [5, 5.41) is 5.24. The zero-order valence-electron chi connectivity index (χ0n) is 14.5. The smallest absolute Gasteiger partial charge is 0.340 e. The molecule has 0 radical (unpaired) electrons. The average molecular weight is 490 g/mol. The third-order valence-electron chi connectivity index (χ3n) is 3.58. The van der Waals surface area contributed by atoms with Crippen molar-refractivity contribution < 1.29 is 23.5 Å². The molecular formula is C20H15IN2O5. The number of nitrogens with one attached hydrogen (secondary N) is 2. The van der Waals surface area contributed by atoms with Crippen molar-refractivity contribution in [3.63, 3.8) is 0 Å². The van der Waals surface area contributed by atoms with Gasteiger partial charge >= 0.3 is 5.97 Å². The summed E-state index contributed by atoms with van der Waals surface area (Å²) in [7, 11) is 0. The van der Waals surface area contributed by atoms with Crippen LogP contribution in [0.5, 0.6) is 0 Å². The van der Waals surface area contributed by atoms with Crippen LogP contribution in [-0.2, 0) is 9.53 Å². The second-order valence-corrected chi connectivity index (χ2v) is 6.86. The topological polar surface area (TPSA) is 97.6 Å². The van der Waals surface area contributed by atoms with Crippen molar-refractivity contribution in [1.29, 1.82) is 0 Å². The maximum atomic E-state index is 12.4. The van der Waals surface area contributed by atoms with E-state index in [1.165, 1.54) is 18.4 Å². The number of ether oxygens (including phenoxy) is 1. The Morgan fingerprint density at radius 1 is 0.964 bits per heavy atom. The number of carbonyl (C=O) groups is 3. The molecule has 0 unspecified atom stereocenters. The summed E-state index contributed by atoms with van der Waals surface area (Å²) in [4.78, 5) is 36.5. The molecule has 1 heterocycles. The fourth-order valence-electron chi connectivity index (χ4n) is 2.33. The van der Waals surface area contributed by atoms with Crippen LogP contribution in [0.4, 0.5) is 11.4 Å². The Labute approximate surface area is 174 Å². The lowest BCUT2D eigenvalue weighted by Crippen LogP contribution is -2.22. The second kappa shape index (κ2) is 9.18. The fraction of sp³-hybridized carbons (Fsp3) is 0.0500. The second-order valence-electron chi connectivity index (χ2n) is 5.61. The highest BCUT2D eigenvalue weighted by Gasteiger charge is 2.17. The highest BCUT2D eigenvalue weighted by Crippen LogP contribution is 2.18. The van der Waals surface area contributed by atoms with Crippen LogP contribution >= 0.6 is 22.6 Å². The Kier molecular flexibility index (Phi) is 6.43. The molecule has 2 aromatic carbocycles. The lowest BCUT2D eigenvalue weighted by molar-refractivity contribution is -0.119. The summed E-state index contributed by atoms with van der Waals surface area (Å²) in [6, 6.07) is 16.7. The number of hydrogen-bond donors (Lipinski definition) is 2. The highest BCUT2D eigenvalue weighted by atomic mass is 127. The maximum Gasteiger partial charge on any atom is 0.340 e. The predicted molar refractivity (Wildman–Crippen MR) is 111 cm³/mol. The molecule has 8 heteroatoms. The normalized spacial score (nSPS) is 10.2. The van der Waals surface area contributed by atoms with Crippen molar-refractivity contribution >= 4 is 51.7 Å². The number of para-hydroxylation sites is 1. The highest BCUT2D eigenvalue weighted by molar-refractivity contribution is 14.1. The molecule has 0 saturated heterocycles. The van der Waals surface area contributed by atoms with E-state index in [1.807, 2.05) is 6.07 Å². The Morgan fingerprint density at radius 3 is 2.54 bits per heavy atom. The summed E-state index contributed by atoms with van der Waals surface area (Å²) in [6.45, 7) is -0.454. The zero-order valence-corrected chi connectivity index (χ0v) is 16.6. The van der Waals surface area contributed by atoms with Gasteiger partial charge in [0.25, 0.3) is 11.8 Å². The lowest BCUT2D eigenvalue weighted by atomic mass is 10.1. The van der Waals surface area contributed by atoms with Gasteiger partial charge < -0.3 is 19.8 Å². The molecule has 0 saturated carbocycles. The van der Waals surface area contributed by atoms with Crippen molar-refractivity contribution in [2.75, 3.05) is 17.2 Å². The average Bonchev–Trinajstić information content (AvgIpc) is 3.21. The number of hydrogen-bond acceptors (Lipinski definition) is 5. The van der Waals surface area contributed by atoms with E-state index in [1.54, 1.807) is 42.5 Å². The Hall–Kier alpha value is -3.14. The summed E-state index contributed by atoms with van der Waals surface area (Å²) < 4.78 is 11.1. The van der Waals surface area contributed by atoms with Crippen LogP contribution in [0.3, 0.4) is 0 Å². The standard InChI is InChI=1S/C20H15IN2O5/c21-13-5-3-6-14(11-13)22-18(24)12-28-20(26)15-7-1-2-8-16(15)23-19(25)17-9-4-10-27-17/h1-11H,12H2,(H,22,24)(H,23,25). The minimum Gasteiger partial charge on any atom is -0.459 e. The minimum absolute atomic E-state index is 0.111. The van der Waals surface area contributed by atoms with E-state index in [0.29, 0.717) is 5.69 Å². The number of furan rings is 1. The van der Waals surface area contributed by atoms with E-state index in [4.69, 9.17) is 9.15 Å². The van der Waals surface area contributed by atoms with Crippen molar-refractivity contribution in [3.05, 3.63) is 81.8 Å². The van der Waals surface area contributed by atoms with Crippen molar-refractivity contribution in [2.45, 2.75) is 0 Å². The van der Waals surface area contributed by atoms with Crippen LogP contribution in [0.15, 0.2) is 71.3 Å². The van der Waals surface area contributed by atoms with Gasteiger partial charge in [0.05, 0.1) is 17.5 Å². The third-order valence-corrected chi connectivity index (χ3v) is 4.25. The Bertz CT molecular complexity index is 1000. The van der Waals surface area contributed by atoms with Gasteiger partial charge in [0, 0.05) is 9.26 Å². The van der Waals surface area contributed by atoms with Crippen LogP contribution in [-0.4, -0.2) is 24.4 Å². The summed E-state index contributed by atoms with van der Waals surface area (Å²) >= 11 is 2.13. The molecule has 1 aromatic heterocycles. The number of halogens is 1. The third kappa shape index (κ3) is 5.19. The Morgan fingerprint density at radius 2 is 1.79 bits per heavy atom. The van der Waals surface area contributed by atoms with Gasteiger partial charge in [-0.05, 0) is 65.1 Å². The maximum absolute atomic E-state index is 12.4. The number of anilines is 2. The first kappa shape index (κ1) is 19.6. The van der Waals surface area contributed by atoms with Crippen molar-refractivity contribution in [3.8, 4) is 0 Å². The summed E-state index contributed by atoms with van der Waals surface area (Å²) in [5.41, 5.74) is 0.996. The summed E-state index contributed by atoms with van der Waals surface area (Å²) in [6.07, 6.45) is 1.38. The van der Waals surface area contributed by atoms with Gasteiger partial charge in [0.1, 0.15) is 0 Å². The molecule has 0 spiro atoms. The Balaban J connectivity index is 1.61. The molecule has 3 aromatic rings. The molecule has 142 valence electrons. The van der Waals surface area contributed by atoms with Crippen LogP contribution < -0.4 is 10.6 Å². The molecule has 0 bridgehead atoms. The molecule has 28 heavy (non-hydrogen) atoms. The first-order valence-electron chi connectivity index (χ1n) is 8.19. The van der Waals surface area contributed by atoms with Gasteiger partial charge in [-0.1, -0.05) is 18.2 Å².